The van der Waals surface area contributed by atoms with E-state index < -0.39 is 21.6 Å². The monoisotopic (exact) mass is 246 g/mol. The van der Waals surface area contributed by atoms with Crippen LogP contribution < -0.4 is 5.32 Å². The summed E-state index contributed by atoms with van der Waals surface area (Å²) in [5.74, 6) is 0. The van der Waals surface area contributed by atoms with Crippen LogP contribution in [-0.2, 0) is 10.0 Å². The van der Waals surface area contributed by atoms with Crippen LogP contribution in [0.15, 0.2) is 0 Å². The van der Waals surface area contributed by atoms with E-state index in [1.807, 2.05) is 0 Å². The van der Waals surface area contributed by atoms with Gasteiger partial charge in [-0.25, -0.2) is 8.42 Å². The third kappa shape index (κ3) is 2.43. The summed E-state index contributed by atoms with van der Waals surface area (Å²) in [6.45, 7) is 0.198. The van der Waals surface area contributed by atoms with Gasteiger partial charge >= 0.3 is 15.5 Å². The Morgan fingerprint density at radius 3 is 2.53 bits per heavy atom. The van der Waals surface area contributed by atoms with Crippen molar-refractivity contribution in [2.75, 3.05) is 20.1 Å². The number of nitrogens with zero attached hydrogens (tertiary/aromatic N) is 1. The predicted octanol–water partition coefficient (Wildman–Crippen LogP) is 0.520. The van der Waals surface area contributed by atoms with Gasteiger partial charge in [-0.3, -0.25) is 0 Å². The van der Waals surface area contributed by atoms with Gasteiger partial charge in [-0.15, -0.1) is 0 Å². The lowest BCUT2D eigenvalue weighted by Gasteiger charge is -2.24. The molecule has 0 saturated carbocycles. The Bertz CT molecular complexity index is 315. The molecule has 1 heterocycles. The molecule has 0 amide bonds. The number of hydrogen-bond donors (Lipinski definition) is 1. The van der Waals surface area contributed by atoms with Crippen LogP contribution in [0.3, 0.4) is 0 Å². The van der Waals surface area contributed by atoms with Gasteiger partial charge in [-0.1, -0.05) is 0 Å². The molecule has 0 aliphatic carbocycles. The highest BCUT2D eigenvalue weighted by atomic mass is 32.2. The molecule has 15 heavy (non-hydrogen) atoms. The van der Waals surface area contributed by atoms with Gasteiger partial charge in [0.2, 0.25) is 0 Å². The summed E-state index contributed by atoms with van der Waals surface area (Å²) in [5, 5.41) is 2.69. The van der Waals surface area contributed by atoms with Gasteiger partial charge < -0.3 is 5.32 Å². The minimum absolute atomic E-state index is 0.0474. The van der Waals surface area contributed by atoms with E-state index in [4.69, 9.17) is 0 Å². The predicted molar refractivity (Wildman–Crippen MR) is 48.6 cm³/mol. The number of hydrogen-bond acceptors (Lipinski definition) is 3. The van der Waals surface area contributed by atoms with Crippen LogP contribution in [-0.4, -0.2) is 44.4 Å². The Labute approximate surface area is 86.5 Å². The molecule has 1 aliphatic heterocycles. The Morgan fingerprint density at radius 1 is 1.47 bits per heavy atom. The molecule has 0 radical (unpaired) electrons. The zero-order valence-electron chi connectivity index (χ0n) is 8.21. The molecule has 1 atom stereocenters. The van der Waals surface area contributed by atoms with Gasteiger partial charge in [-0.2, -0.15) is 17.5 Å². The van der Waals surface area contributed by atoms with Gasteiger partial charge in [0.15, 0.2) is 0 Å². The van der Waals surface area contributed by atoms with Gasteiger partial charge in [0.05, 0.1) is 0 Å². The van der Waals surface area contributed by atoms with Crippen molar-refractivity contribution in [2.45, 2.75) is 24.4 Å². The average molecular weight is 246 g/mol. The molecule has 1 fully saturated rings. The van der Waals surface area contributed by atoms with Crippen molar-refractivity contribution >= 4 is 10.0 Å². The first-order valence-electron chi connectivity index (χ1n) is 4.53. The topological polar surface area (TPSA) is 49.4 Å². The highest BCUT2D eigenvalue weighted by Gasteiger charge is 2.52. The fraction of sp³-hybridized carbons (Fsp3) is 1.00. The summed E-state index contributed by atoms with van der Waals surface area (Å²) in [7, 11) is -3.57. The van der Waals surface area contributed by atoms with Crippen molar-refractivity contribution in [1.82, 2.24) is 9.62 Å². The Hall–Kier alpha value is -0.340. The molecule has 0 aromatic carbocycles. The van der Waals surface area contributed by atoms with Crippen molar-refractivity contribution in [1.29, 1.82) is 0 Å². The van der Waals surface area contributed by atoms with Crippen LogP contribution in [0.1, 0.15) is 12.8 Å². The minimum Gasteiger partial charge on any atom is -0.318 e. The molecule has 90 valence electrons. The number of alkyl halides is 3. The first kappa shape index (κ1) is 12.7. The number of rotatable bonds is 3. The lowest BCUT2D eigenvalue weighted by atomic mass is 10.2. The summed E-state index contributed by atoms with van der Waals surface area (Å²) in [6, 6.07) is -0.582. The van der Waals surface area contributed by atoms with E-state index in [0.29, 0.717) is 17.1 Å². The smallest absolute Gasteiger partial charge is 0.318 e. The largest absolute Gasteiger partial charge is 0.511 e. The second-order valence-corrected chi connectivity index (χ2v) is 5.30. The van der Waals surface area contributed by atoms with Gasteiger partial charge in [0.25, 0.3) is 0 Å². The van der Waals surface area contributed by atoms with Crippen molar-refractivity contribution in [3.63, 3.8) is 0 Å². The maximum atomic E-state index is 12.2. The molecule has 1 saturated heterocycles. The van der Waals surface area contributed by atoms with Crippen LogP contribution in [0.4, 0.5) is 13.2 Å². The normalized spacial score (nSPS) is 24.7. The molecule has 8 heteroatoms. The molecule has 0 spiro atoms. The summed E-state index contributed by atoms with van der Waals surface area (Å²) < 4.78 is 59.5. The Morgan fingerprint density at radius 2 is 2.07 bits per heavy atom. The van der Waals surface area contributed by atoms with Crippen LogP contribution in [0.5, 0.6) is 0 Å². The van der Waals surface area contributed by atoms with Crippen molar-refractivity contribution in [3.05, 3.63) is 0 Å². The number of halogens is 3. The van der Waals surface area contributed by atoms with Crippen molar-refractivity contribution < 1.29 is 21.6 Å². The molecule has 1 N–H and O–H groups in total. The van der Waals surface area contributed by atoms with E-state index >= 15 is 0 Å². The van der Waals surface area contributed by atoms with E-state index in [-0.39, 0.29) is 13.1 Å². The summed E-state index contributed by atoms with van der Waals surface area (Å²) in [6.07, 6.45) is 0.942. The quantitative estimate of drug-likeness (QED) is 0.789. The summed E-state index contributed by atoms with van der Waals surface area (Å²) >= 11 is 0. The maximum Gasteiger partial charge on any atom is 0.511 e. The second kappa shape index (κ2) is 4.26. The molecule has 1 unspecified atom stereocenters. The molecular formula is C7H13F3N2O2S. The van der Waals surface area contributed by atoms with Crippen LogP contribution in [0.25, 0.3) is 0 Å². The van der Waals surface area contributed by atoms with Crippen LogP contribution in [0, 0.1) is 0 Å². The highest BCUT2D eigenvalue weighted by molar-refractivity contribution is 7.90. The molecule has 0 bridgehead atoms. The third-order valence-corrected chi connectivity index (χ3v) is 4.05. The van der Waals surface area contributed by atoms with E-state index in [0.717, 1.165) is 0 Å². The first-order valence-corrected chi connectivity index (χ1v) is 5.97. The van der Waals surface area contributed by atoms with E-state index in [1.54, 1.807) is 7.05 Å². The lowest BCUT2D eigenvalue weighted by molar-refractivity contribution is -0.0492. The number of likely N-dealkylation sites (N-methyl/N-ethyl adjacent to an activating group) is 1. The van der Waals surface area contributed by atoms with E-state index in [1.165, 1.54) is 0 Å². The first-order chi connectivity index (χ1) is 6.80. The highest BCUT2D eigenvalue weighted by Crippen LogP contribution is 2.31. The molecule has 0 aromatic rings. The molecule has 4 nitrogen and oxygen atoms in total. The second-order valence-electron chi connectivity index (χ2n) is 3.42. The van der Waals surface area contributed by atoms with Crippen molar-refractivity contribution in [3.8, 4) is 0 Å². The summed E-state index contributed by atoms with van der Waals surface area (Å²) in [5.41, 5.74) is -5.19. The standard InChI is InChI=1S/C7H13F3N2O2S/c1-11-5-6-3-2-4-12(6)15(13,14)7(8,9)10/h6,11H,2-5H2,1H3. The molecule has 1 rings (SSSR count). The number of sulfonamides is 1. The van der Waals surface area contributed by atoms with Gasteiger partial charge in [0, 0.05) is 19.1 Å². The maximum absolute atomic E-state index is 12.2. The van der Waals surface area contributed by atoms with Crippen LogP contribution >= 0.6 is 0 Å². The minimum atomic E-state index is -5.19. The van der Waals surface area contributed by atoms with E-state index in [2.05, 4.69) is 5.32 Å². The molecule has 1 aliphatic rings. The third-order valence-electron chi connectivity index (χ3n) is 2.36. The zero-order valence-corrected chi connectivity index (χ0v) is 9.03. The Kier molecular flexibility index (Phi) is 3.62. The fourth-order valence-electron chi connectivity index (χ4n) is 1.70. The Balaban J connectivity index is 2.88. The molecule has 0 aromatic heterocycles. The number of nitrogens with one attached hydrogen (secondary N) is 1. The average Bonchev–Trinajstić information content (AvgIpc) is 2.51. The molecular weight excluding hydrogens is 233 g/mol. The summed E-state index contributed by atoms with van der Waals surface area (Å²) in [4.78, 5) is 0. The fourth-order valence-corrected chi connectivity index (χ4v) is 2.91. The van der Waals surface area contributed by atoms with E-state index in [9.17, 15) is 21.6 Å². The van der Waals surface area contributed by atoms with Gasteiger partial charge in [-0.05, 0) is 19.9 Å². The van der Waals surface area contributed by atoms with Crippen molar-refractivity contribution in [2.24, 2.45) is 0 Å². The SMILES string of the molecule is CNCC1CCCN1S(=O)(=O)C(F)(F)F. The van der Waals surface area contributed by atoms with Crippen LogP contribution in [0.2, 0.25) is 0 Å². The van der Waals surface area contributed by atoms with Gasteiger partial charge in [0.1, 0.15) is 0 Å². The lowest BCUT2D eigenvalue weighted by Crippen LogP contribution is -2.46. The zero-order chi connectivity index (χ0) is 11.7.